The maximum Gasteiger partial charge on any atom is 0.306 e. The van der Waals surface area contributed by atoms with Crippen molar-refractivity contribution in [2.24, 2.45) is 0 Å². The van der Waals surface area contributed by atoms with E-state index in [1.807, 2.05) is 12.1 Å². The SMILES string of the molecule is CCOC(=O)CCSC(=O)C(Cc1cc(=O)[nH]c2ccccc12)NC(=O)c1ccc(Cl)cc1. The number of thioether (sulfide) groups is 1. The second-order valence-electron chi connectivity index (χ2n) is 7.16. The van der Waals surface area contributed by atoms with E-state index in [4.69, 9.17) is 16.3 Å². The fourth-order valence-corrected chi connectivity index (χ4v) is 4.21. The summed E-state index contributed by atoms with van der Waals surface area (Å²) < 4.78 is 4.89. The van der Waals surface area contributed by atoms with Crippen molar-refractivity contribution in [2.45, 2.75) is 25.8 Å². The number of carbonyl (C=O) groups excluding carboxylic acids is 3. The second kappa shape index (κ2) is 11.7. The smallest absolute Gasteiger partial charge is 0.306 e. The van der Waals surface area contributed by atoms with Crippen molar-refractivity contribution in [3.8, 4) is 0 Å². The molecule has 0 aliphatic carbocycles. The van der Waals surface area contributed by atoms with Gasteiger partial charge in [0.05, 0.1) is 13.0 Å². The molecule has 3 rings (SSSR count). The highest BCUT2D eigenvalue weighted by Gasteiger charge is 2.24. The zero-order chi connectivity index (χ0) is 23.8. The molecule has 0 bridgehead atoms. The molecule has 2 N–H and O–H groups in total. The first-order chi connectivity index (χ1) is 15.9. The average Bonchev–Trinajstić information content (AvgIpc) is 2.79. The predicted octanol–water partition coefficient (Wildman–Crippen LogP) is 3.74. The van der Waals surface area contributed by atoms with Crippen LogP contribution in [0, 0.1) is 0 Å². The van der Waals surface area contributed by atoms with Crippen molar-refractivity contribution in [3.63, 3.8) is 0 Å². The normalized spacial score (nSPS) is 11.7. The van der Waals surface area contributed by atoms with E-state index in [1.54, 1.807) is 43.3 Å². The van der Waals surface area contributed by atoms with Crippen molar-refractivity contribution in [3.05, 3.63) is 81.1 Å². The fraction of sp³-hybridized carbons (Fsp3) is 0.250. The maximum atomic E-state index is 13.0. The average molecular weight is 487 g/mol. The van der Waals surface area contributed by atoms with Crippen LogP contribution < -0.4 is 10.9 Å². The number of amides is 1. The van der Waals surface area contributed by atoms with Gasteiger partial charge in [0.1, 0.15) is 6.04 Å². The number of H-pyrrole nitrogens is 1. The van der Waals surface area contributed by atoms with Crippen molar-refractivity contribution in [2.75, 3.05) is 12.4 Å². The molecule has 0 radical (unpaired) electrons. The van der Waals surface area contributed by atoms with Gasteiger partial charge in [0, 0.05) is 39.7 Å². The fourth-order valence-electron chi connectivity index (χ4n) is 3.27. The van der Waals surface area contributed by atoms with E-state index in [-0.39, 0.29) is 41.8 Å². The summed E-state index contributed by atoms with van der Waals surface area (Å²) in [5.41, 5.74) is 1.33. The number of pyridine rings is 1. The molecule has 0 aliphatic heterocycles. The molecule has 3 aromatic rings. The van der Waals surface area contributed by atoms with E-state index in [0.29, 0.717) is 21.7 Å². The van der Waals surface area contributed by atoms with Gasteiger partial charge in [-0.2, -0.15) is 0 Å². The van der Waals surface area contributed by atoms with Crippen LogP contribution in [-0.2, 0) is 20.7 Å². The Labute approximate surface area is 199 Å². The van der Waals surface area contributed by atoms with Gasteiger partial charge in [-0.3, -0.25) is 19.2 Å². The number of aromatic amines is 1. The summed E-state index contributed by atoms with van der Waals surface area (Å²) in [6, 6.07) is 14.1. The van der Waals surface area contributed by atoms with Gasteiger partial charge in [0.25, 0.3) is 5.91 Å². The van der Waals surface area contributed by atoms with Crippen molar-refractivity contribution in [1.29, 1.82) is 0 Å². The van der Waals surface area contributed by atoms with E-state index in [2.05, 4.69) is 10.3 Å². The number of halogens is 1. The van der Waals surface area contributed by atoms with Gasteiger partial charge in [-0.05, 0) is 42.8 Å². The minimum atomic E-state index is -0.912. The molecule has 1 atom stereocenters. The third-order valence-corrected chi connectivity index (χ3v) is 6.04. The molecule has 0 saturated heterocycles. The summed E-state index contributed by atoms with van der Waals surface area (Å²) in [5, 5.41) is 3.73. The third kappa shape index (κ3) is 6.94. The van der Waals surface area contributed by atoms with Gasteiger partial charge in [0.2, 0.25) is 10.7 Å². The van der Waals surface area contributed by atoms with Crippen LogP contribution in [0.25, 0.3) is 10.9 Å². The quantitative estimate of drug-likeness (QED) is 0.446. The van der Waals surface area contributed by atoms with Crippen LogP contribution in [0.1, 0.15) is 29.3 Å². The molecular weight excluding hydrogens is 464 g/mol. The van der Waals surface area contributed by atoms with Crippen LogP contribution in [0.15, 0.2) is 59.4 Å². The first-order valence-corrected chi connectivity index (χ1v) is 11.7. The molecule has 0 saturated carbocycles. The van der Waals surface area contributed by atoms with Crippen molar-refractivity contribution < 1.29 is 19.1 Å². The van der Waals surface area contributed by atoms with E-state index in [1.165, 1.54) is 6.07 Å². The Morgan fingerprint density at radius 1 is 1.12 bits per heavy atom. The summed E-state index contributed by atoms with van der Waals surface area (Å²) in [6.45, 7) is 1.98. The number of hydrogen-bond acceptors (Lipinski definition) is 6. The van der Waals surface area contributed by atoms with Gasteiger partial charge in [-0.25, -0.2) is 0 Å². The van der Waals surface area contributed by atoms with Crippen LogP contribution in [-0.4, -0.2) is 40.4 Å². The lowest BCUT2D eigenvalue weighted by atomic mass is 10.0. The third-order valence-electron chi connectivity index (χ3n) is 4.81. The predicted molar refractivity (Wildman–Crippen MR) is 130 cm³/mol. The monoisotopic (exact) mass is 486 g/mol. The van der Waals surface area contributed by atoms with E-state index < -0.39 is 11.9 Å². The topological polar surface area (TPSA) is 105 Å². The number of esters is 1. The first kappa shape index (κ1) is 24.5. The molecule has 33 heavy (non-hydrogen) atoms. The molecule has 1 heterocycles. The number of hydrogen-bond donors (Lipinski definition) is 2. The Hall–Kier alpha value is -3.10. The highest BCUT2D eigenvalue weighted by Crippen LogP contribution is 2.19. The zero-order valence-electron chi connectivity index (χ0n) is 17.9. The summed E-state index contributed by atoms with van der Waals surface area (Å²) in [7, 11) is 0. The lowest BCUT2D eigenvalue weighted by Crippen LogP contribution is -2.41. The van der Waals surface area contributed by atoms with Gasteiger partial charge in [-0.15, -0.1) is 0 Å². The molecule has 7 nitrogen and oxygen atoms in total. The lowest BCUT2D eigenvalue weighted by Gasteiger charge is -2.18. The van der Waals surface area contributed by atoms with Gasteiger partial charge in [0.15, 0.2) is 0 Å². The Balaban J connectivity index is 1.82. The Morgan fingerprint density at radius 2 is 1.85 bits per heavy atom. The molecule has 172 valence electrons. The van der Waals surface area contributed by atoms with Crippen LogP contribution >= 0.6 is 23.4 Å². The Kier molecular flexibility index (Phi) is 8.68. The molecule has 0 aliphatic rings. The summed E-state index contributed by atoms with van der Waals surface area (Å²) >= 11 is 6.84. The number of ether oxygens (including phenoxy) is 1. The molecular formula is C24H23ClN2O5S. The van der Waals surface area contributed by atoms with Crippen molar-refractivity contribution >= 4 is 51.3 Å². The molecule has 0 fully saturated rings. The second-order valence-corrected chi connectivity index (χ2v) is 8.70. The summed E-state index contributed by atoms with van der Waals surface area (Å²) in [5.74, 6) is -0.605. The van der Waals surface area contributed by atoms with Crippen LogP contribution in [0.2, 0.25) is 5.02 Å². The van der Waals surface area contributed by atoms with Gasteiger partial charge < -0.3 is 15.0 Å². The highest BCUT2D eigenvalue weighted by molar-refractivity contribution is 8.13. The van der Waals surface area contributed by atoms with Crippen LogP contribution in [0.5, 0.6) is 0 Å². The van der Waals surface area contributed by atoms with E-state index >= 15 is 0 Å². The number of para-hydroxylation sites is 1. The Morgan fingerprint density at radius 3 is 2.58 bits per heavy atom. The maximum absolute atomic E-state index is 13.0. The number of nitrogens with one attached hydrogen (secondary N) is 2. The summed E-state index contributed by atoms with van der Waals surface area (Å²) in [4.78, 5) is 52.3. The number of aromatic nitrogens is 1. The zero-order valence-corrected chi connectivity index (χ0v) is 19.5. The van der Waals surface area contributed by atoms with Crippen LogP contribution in [0.4, 0.5) is 0 Å². The van der Waals surface area contributed by atoms with Gasteiger partial charge >= 0.3 is 5.97 Å². The molecule has 0 spiro atoms. The number of benzene rings is 2. The summed E-state index contributed by atoms with van der Waals surface area (Å²) in [6.07, 6.45) is 0.199. The number of rotatable bonds is 9. The largest absolute Gasteiger partial charge is 0.466 e. The minimum Gasteiger partial charge on any atom is -0.466 e. The number of carbonyl (C=O) groups is 3. The lowest BCUT2D eigenvalue weighted by molar-refractivity contribution is -0.142. The Bertz CT molecular complexity index is 1210. The van der Waals surface area contributed by atoms with Crippen LogP contribution in [0.3, 0.4) is 0 Å². The van der Waals surface area contributed by atoms with E-state index in [0.717, 1.165) is 17.1 Å². The highest BCUT2D eigenvalue weighted by atomic mass is 35.5. The molecule has 1 unspecified atom stereocenters. The van der Waals surface area contributed by atoms with Crippen molar-refractivity contribution in [1.82, 2.24) is 10.3 Å². The standard InChI is InChI=1S/C24H23ClN2O5S/c1-2-32-22(29)11-12-33-24(31)20(27-23(30)15-7-9-17(25)10-8-15)13-16-14-21(28)26-19-6-4-3-5-18(16)19/h3-10,14,20H,2,11-13H2,1H3,(H,26,28)(H,27,30). The molecule has 1 aromatic heterocycles. The molecule has 1 amide bonds. The minimum absolute atomic E-state index is 0.0794. The van der Waals surface area contributed by atoms with E-state index in [9.17, 15) is 19.2 Å². The molecule has 9 heteroatoms. The van der Waals surface area contributed by atoms with Gasteiger partial charge in [-0.1, -0.05) is 41.6 Å². The number of fused-ring (bicyclic) bond motifs is 1. The first-order valence-electron chi connectivity index (χ1n) is 10.4. The molecule has 2 aromatic carbocycles.